The van der Waals surface area contributed by atoms with Crippen molar-refractivity contribution in [1.82, 2.24) is 0 Å². The molecule has 0 heterocycles. The van der Waals surface area contributed by atoms with E-state index in [1.54, 1.807) is 0 Å². The summed E-state index contributed by atoms with van der Waals surface area (Å²) in [6, 6.07) is 71.7. The third-order valence-corrected chi connectivity index (χ3v) is 15.5. The van der Waals surface area contributed by atoms with Gasteiger partial charge in [-0.2, -0.15) is 0 Å². The van der Waals surface area contributed by atoms with Gasteiger partial charge in [-0.25, -0.2) is 0 Å². The van der Waals surface area contributed by atoms with E-state index in [0.29, 0.717) is 11.8 Å². The largest absolute Gasteiger partial charge is 0.310 e. The third kappa shape index (κ3) is 4.47. The second-order valence-electron chi connectivity index (χ2n) is 18.1. The highest BCUT2D eigenvalue weighted by atomic mass is 15.1. The van der Waals surface area contributed by atoms with Crippen LogP contribution in [-0.2, 0) is 10.8 Å². The Hall–Kier alpha value is -7.48. The highest BCUT2D eigenvalue weighted by Gasteiger charge is 2.57. The fraction of sp³-hybridized carbons (Fsp3) is 0.0968. The van der Waals surface area contributed by atoms with Crippen molar-refractivity contribution >= 4 is 22.6 Å². The number of benzene rings is 8. The van der Waals surface area contributed by atoms with E-state index in [1.807, 2.05) is 0 Å². The van der Waals surface area contributed by atoms with Gasteiger partial charge < -0.3 is 4.90 Å². The van der Waals surface area contributed by atoms with Crippen LogP contribution >= 0.6 is 0 Å². The van der Waals surface area contributed by atoms with Gasteiger partial charge in [-0.05, 0) is 127 Å². The summed E-state index contributed by atoms with van der Waals surface area (Å²) in [7, 11) is 0. The predicted molar refractivity (Wildman–Crippen MR) is 260 cm³/mol. The third-order valence-electron chi connectivity index (χ3n) is 15.5. The molecule has 2 unspecified atom stereocenters. The Kier molecular flexibility index (Phi) is 7.26. The van der Waals surface area contributed by atoms with Crippen molar-refractivity contribution in [2.24, 2.45) is 5.92 Å². The first-order chi connectivity index (χ1) is 31.3. The molecule has 63 heavy (non-hydrogen) atoms. The minimum Gasteiger partial charge on any atom is -0.310 e. The van der Waals surface area contributed by atoms with Crippen LogP contribution in [0.4, 0.5) is 17.1 Å². The number of allylic oxidation sites excluding steroid dienone is 8. The number of hydrogen-bond acceptors (Lipinski definition) is 1. The first-order valence-electron chi connectivity index (χ1n) is 22.6. The average molecular weight is 802 g/mol. The van der Waals surface area contributed by atoms with E-state index in [9.17, 15) is 0 Å². The van der Waals surface area contributed by atoms with Gasteiger partial charge in [0.2, 0.25) is 0 Å². The average Bonchev–Trinajstić information content (AvgIpc) is 4.03. The van der Waals surface area contributed by atoms with E-state index in [2.05, 4.69) is 229 Å². The van der Waals surface area contributed by atoms with E-state index in [1.165, 1.54) is 106 Å². The van der Waals surface area contributed by atoms with Crippen LogP contribution < -0.4 is 4.90 Å². The molecule has 6 aliphatic carbocycles. The van der Waals surface area contributed by atoms with Crippen molar-refractivity contribution in [1.29, 1.82) is 0 Å². The first kappa shape index (κ1) is 35.2. The molecule has 1 nitrogen and oxygen atoms in total. The Morgan fingerprint density at radius 3 is 1.65 bits per heavy atom. The molecule has 0 aliphatic heterocycles. The number of rotatable bonds is 4. The van der Waals surface area contributed by atoms with Crippen LogP contribution in [0.3, 0.4) is 0 Å². The van der Waals surface area contributed by atoms with Crippen LogP contribution in [-0.4, -0.2) is 0 Å². The highest BCUT2D eigenvalue weighted by molar-refractivity contribution is 5.96. The number of para-hydroxylation sites is 1. The van der Waals surface area contributed by atoms with Crippen molar-refractivity contribution in [3.05, 3.63) is 275 Å². The molecule has 0 aromatic heterocycles. The second kappa shape index (κ2) is 13.0. The van der Waals surface area contributed by atoms with Gasteiger partial charge in [-0.15, -0.1) is 0 Å². The molecule has 8 aromatic carbocycles. The highest BCUT2D eigenvalue weighted by Crippen LogP contribution is 2.68. The molecule has 1 heteroatoms. The molecule has 296 valence electrons. The maximum Gasteiger partial charge on any atom is 0.0686 e. The van der Waals surface area contributed by atoms with Crippen LogP contribution in [0.2, 0.25) is 0 Å². The quantitative estimate of drug-likeness (QED) is 0.171. The number of hydrogen-bond donors (Lipinski definition) is 0. The number of anilines is 3. The van der Waals surface area contributed by atoms with Gasteiger partial charge in [-0.3, -0.25) is 0 Å². The van der Waals surface area contributed by atoms with Crippen molar-refractivity contribution in [2.45, 2.75) is 29.6 Å². The maximum atomic E-state index is 2.58. The summed E-state index contributed by atoms with van der Waals surface area (Å²) in [6.07, 6.45) is 16.2. The summed E-state index contributed by atoms with van der Waals surface area (Å²) in [4.78, 5) is 2.58. The standard InChI is InChI=1S/C62H43N/c1-2-18-40(19-3-1)43-20-10-17-33-60(43)63(41-34-36-50-48-25-8-15-31-56(48)61(58(50)38-41)52-27-11-4-21-44(52)45-22-5-12-28-53(45)61)42-35-37-51-49-26-9-16-32-57(49)62(59(51)39-42)54-29-13-6-23-46(54)47-24-7-14-30-55(47)62/h1-25,27-30,32-39,49,56H,26,31H2. The topological polar surface area (TPSA) is 3.24 Å². The molecule has 0 N–H and O–H groups in total. The first-order valence-corrected chi connectivity index (χ1v) is 22.6. The molecule has 0 bridgehead atoms. The summed E-state index contributed by atoms with van der Waals surface area (Å²) < 4.78 is 0. The normalized spacial score (nSPS) is 19.0. The van der Waals surface area contributed by atoms with Crippen LogP contribution in [0, 0.1) is 5.92 Å². The molecule has 0 saturated heterocycles. The van der Waals surface area contributed by atoms with Crippen LogP contribution in [0.15, 0.2) is 230 Å². The molecule has 8 aromatic rings. The van der Waals surface area contributed by atoms with E-state index in [0.717, 1.165) is 12.8 Å². The van der Waals surface area contributed by atoms with Gasteiger partial charge in [0, 0.05) is 28.8 Å². The Labute approximate surface area is 369 Å². The molecule has 2 spiro atoms. The summed E-state index contributed by atoms with van der Waals surface area (Å²) in [5.41, 5.74) is 24.8. The lowest BCUT2D eigenvalue weighted by Crippen LogP contribution is -2.32. The van der Waals surface area contributed by atoms with Gasteiger partial charge in [0.05, 0.1) is 16.5 Å². The second-order valence-corrected chi connectivity index (χ2v) is 18.1. The lowest BCUT2D eigenvalue weighted by molar-refractivity contribution is 0.495. The van der Waals surface area contributed by atoms with Crippen molar-refractivity contribution in [3.63, 3.8) is 0 Å². The van der Waals surface area contributed by atoms with Gasteiger partial charge in [0.1, 0.15) is 0 Å². The van der Waals surface area contributed by atoms with E-state index in [-0.39, 0.29) is 10.8 Å². The molecule has 2 atom stereocenters. The zero-order valence-electron chi connectivity index (χ0n) is 34.9. The molecule has 6 aliphatic rings. The summed E-state index contributed by atoms with van der Waals surface area (Å²) in [5.74, 6) is 0.617. The van der Waals surface area contributed by atoms with E-state index >= 15 is 0 Å². The number of nitrogens with zero attached hydrogens (tertiary/aromatic N) is 1. The fourth-order valence-electron chi connectivity index (χ4n) is 13.3. The summed E-state index contributed by atoms with van der Waals surface area (Å²) in [6.45, 7) is 0. The molecule has 0 radical (unpaired) electrons. The van der Waals surface area contributed by atoms with Gasteiger partial charge in [0.25, 0.3) is 0 Å². The van der Waals surface area contributed by atoms with Crippen LogP contribution in [0.25, 0.3) is 39.0 Å². The molecular weight excluding hydrogens is 759 g/mol. The minimum absolute atomic E-state index is 0.301. The monoisotopic (exact) mass is 801 g/mol. The zero-order valence-corrected chi connectivity index (χ0v) is 34.9. The fourth-order valence-corrected chi connectivity index (χ4v) is 13.3. The zero-order chi connectivity index (χ0) is 41.3. The Morgan fingerprint density at radius 1 is 0.413 bits per heavy atom. The Morgan fingerprint density at radius 2 is 0.952 bits per heavy atom. The van der Waals surface area contributed by atoms with Crippen molar-refractivity contribution < 1.29 is 0 Å². The van der Waals surface area contributed by atoms with Crippen LogP contribution in [0.5, 0.6) is 0 Å². The van der Waals surface area contributed by atoms with Crippen molar-refractivity contribution in [2.75, 3.05) is 4.90 Å². The SMILES string of the molecule is C1=CCC2C(=C1)C1(c3ccccc3-c3ccccc31)c1cc(N(c3ccc4c(c3)C3(c5ccccc5-c5ccccc53)C3CC=CC=C43)c3ccccc3-c3ccccc3)ccc12. The van der Waals surface area contributed by atoms with E-state index in [4.69, 9.17) is 0 Å². The van der Waals surface area contributed by atoms with Crippen LogP contribution in [0.1, 0.15) is 63.3 Å². The lowest BCUT2D eigenvalue weighted by atomic mass is 9.65. The smallest absolute Gasteiger partial charge is 0.0686 e. The summed E-state index contributed by atoms with van der Waals surface area (Å²) in [5, 5.41) is 0. The molecule has 0 fully saturated rings. The van der Waals surface area contributed by atoms with Gasteiger partial charge >= 0.3 is 0 Å². The Balaban J connectivity index is 1.06. The van der Waals surface area contributed by atoms with E-state index < -0.39 is 0 Å². The molecule has 0 saturated carbocycles. The Bertz CT molecular complexity index is 3280. The number of fused-ring (bicyclic) bond motifs is 20. The maximum absolute atomic E-state index is 2.58. The predicted octanol–water partition coefficient (Wildman–Crippen LogP) is 15.4. The molecular formula is C62H43N. The van der Waals surface area contributed by atoms with Crippen molar-refractivity contribution in [3.8, 4) is 33.4 Å². The van der Waals surface area contributed by atoms with Gasteiger partial charge in [0.15, 0.2) is 0 Å². The molecule has 14 rings (SSSR count). The van der Waals surface area contributed by atoms with Gasteiger partial charge in [-0.1, -0.05) is 194 Å². The lowest BCUT2D eigenvalue weighted by Gasteiger charge is -2.37. The summed E-state index contributed by atoms with van der Waals surface area (Å²) >= 11 is 0. The molecule has 0 amide bonds. The minimum atomic E-state index is -0.382.